The summed E-state index contributed by atoms with van der Waals surface area (Å²) in [5, 5.41) is 3.05. The highest BCUT2D eigenvalue weighted by Crippen LogP contribution is 2.33. The normalized spacial score (nSPS) is 13.8. The minimum absolute atomic E-state index is 0.0169. The lowest BCUT2D eigenvalue weighted by atomic mass is 10.1. The number of morpholine rings is 1. The maximum Gasteiger partial charge on any atom is 0.264 e. The molecule has 8 nitrogen and oxygen atoms in total. The van der Waals surface area contributed by atoms with Gasteiger partial charge in [0.25, 0.3) is 15.9 Å². The predicted octanol–water partition coefficient (Wildman–Crippen LogP) is 4.30. The van der Waals surface area contributed by atoms with Gasteiger partial charge in [0.15, 0.2) is 0 Å². The number of benzene rings is 3. The molecule has 1 aliphatic rings. The van der Waals surface area contributed by atoms with Gasteiger partial charge in [0.05, 0.1) is 40.1 Å². The second-order valence-electron chi connectivity index (χ2n) is 7.92. The van der Waals surface area contributed by atoms with Gasteiger partial charge in [-0.1, -0.05) is 53.5 Å². The zero-order valence-corrected chi connectivity index (χ0v) is 21.4. The molecule has 1 N–H and O–H groups in total. The largest absolute Gasteiger partial charge is 0.378 e. The van der Waals surface area contributed by atoms with Crippen molar-refractivity contribution in [1.82, 2.24) is 4.90 Å². The fourth-order valence-corrected chi connectivity index (χ4v) is 5.62. The van der Waals surface area contributed by atoms with Crippen molar-refractivity contribution in [3.05, 3.63) is 88.4 Å². The average molecular weight is 548 g/mol. The number of hydrogen-bond acceptors (Lipinski definition) is 5. The molecule has 1 heterocycles. The van der Waals surface area contributed by atoms with Crippen molar-refractivity contribution in [2.24, 2.45) is 0 Å². The number of nitrogens with one attached hydrogen (secondary N) is 1. The second kappa shape index (κ2) is 11.3. The van der Waals surface area contributed by atoms with Crippen LogP contribution in [0.15, 0.2) is 77.7 Å². The Kier molecular flexibility index (Phi) is 8.15. The van der Waals surface area contributed by atoms with Crippen LogP contribution in [0.5, 0.6) is 0 Å². The Labute approximate surface area is 219 Å². The van der Waals surface area contributed by atoms with Crippen molar-refractivity contribution in [2.75, 3.05) is 42.5 Å². The molecule has 3 aromatic carbocycles. The molecule has 4 rings (SSSR count). The van der Waals surface area contributed by atoms with E-state index in [-0.39, 0.29) is 32.2 Å². The monoisotopic (exact) mass is 547 g/mol. The highest BCUT2D eigenvalue weighted by Gasteiger charge is 2.29. The molecule has 0 atom stereocenters. The van der Waals surface area contributed by atoms with Gasteiger partial charge in [-0.05, 0) is 42.5 Å². The van der Waals surface area contributed by atoms with Crippen LogP contribution in [0.3, 0.4) is 0 Å². The van der Waals surface area contributed by atoms with Gasteiger partial charge in [-0.3, -0.25) is 13.9 Å². The molecule has 0 saturated carbocycles. The minimum Gasteiger partial charge on any atom is -0.378 e. The van der Waals surface area contributed by atoms with E-state index in [1.807, 2.05) is 0 Å². The predicted molar refractivity (Wildman–Crippen MR) is 139 cm³/mol. The lowest BCUT2D eigenvalue weighted by Crippen LogP contribution is -2.41. The summed E-state index contributed by atoms with van der Waals surface area (Å²) in [5.41, 5.74) is 0.625. The average Bonchev–Trinajstić information content (AvgIpc) is 2.89. The lowest BCUT2D eigenvalue weighted by molar-refractivity contribution is -0.114. The summed E-state index contributed by atoms with van der Waals surface area (Å²) in [5.74, 6) is -0.909. The zero-order valence-electron chi connectivity index (χ0n) is 19.1. The van der Waals surface area contributed by atoms with E-state index in [1.165, 1.54) is 30.3 Å². The Morgan fingerprint density at radius 3 is 2.33 bits per heavy atom. The van der Waals surface area contributed by atoms with Crippen LogP contribution in [0.2, 0.25) is 10.0 Å². The van der Waals surface area contributed by atoms with E-state index in [9.17, 15) is 18.0 Å². The van der Waals surface area contributed by atoms with Gasteiger partial charge in [-0.15, -0.1) is 0 Å². The van der Waals surface area contributed by atoms with Gasteiger partial charge in [-0.2, -0.15) is 0 Å². The molecule has 3 aromatic rings. The van der Waals surface area contributed by atoms with Crippen molar-refractivity contribution >= 4 is 56.4 Å². The summed E-state index contributed by atoms with van der Waals surface area (Å²) < 4.78 is 33.3. The molecule has 1 aliphatic heterocycles. The van der Waals surface area contributed by atoms with Crippen LogP contribution in [0.4, 0.5) is 11.4 Å². The molecular formula is C25H23Cl2N3O5S. The number of anilines is 2. The van der Waals surface area contributed by atoms with Crippen LogP contribution in [0.1, 0.15) is 10.4 Å². The van der Waals surface area contributed by atoms with Gasteiger partial charge in [-0.25, -0.2) is 8.42 Å². The highest BCUT2D eigenvalue weighted by molar-refractivity contribution is 7.92. The maximum atomic E-state index is 13.5. The number of ether oxygens (including phenoxy) is 1. The third-order valence-electron chi connectivity index (χ3n) is 5.53. The van der Waals surface area contributed by atoms with Crippen molar-refractivity contribution in [3.63, 3.8) is 0 Å². The molecule has 2 amide bonds. The van der Waals surface area contributed by atoms with E-state index in [4.69, 9.17) is 27.9 Å². The molecule has 0 spiro atoms. The Morgan fingerprint density at radius 2 is 1.61 bits per heavy atom. The molecule has 1 saturated heterocycles. The van der Waals surface area contributed by atoms with Crippen molar-refractivity contribution in [1.29, 1.82) is 0 Å². The smallest absolute Gasteiger partial charge is 0.264 e. The number of carbonyl (C=O) groups is 2. The summed E-state index contributed by atoms with van der Waals surface area (Å²) in [6.45, 7) is 1.16. The third kappa shape index (κ3) is 5.82. The molecule has 0 radical (unpaired) electrons. The number of nitrogens with zero attached hydrogens (tertiary/aromatic N) is 2. The Bertz CT molecular complexity index is 1360. The topological polar surface area (TPSA) is 96.0 Å². The molecule has 36 heavy (non-hydrogen) atoms. The van der Waals surface area contributed by atoms with Gasteiger partial charge in [0, 0.05) is 18.1 Å². The first-order valence-electron chi connectivity index (χ1n) is 11.1. The van der Waals surface area contributed by atoms with Gasteiger partial charge < -0.3 is 15.0 Å². The Balaban J connectivity index is 1.64. The Hall–Kier alpha value is -3.11. The van der Waals surface area contributed by atoms with Crippen LogP contribution < -0.4 is 9.62 Å². The highest BCUT2D eigenvalue weighted by atomic mass is 35.5. The van der Waals surface area contributed by atoms with E-state index in [0.717, 1.165) is 4.31 Å². The van der Waals surface area contributed by atoms with Gasteiger partial charge in [0.2, 0.25) is 5.91 Å². The summed E-state index contributed by atoms with van der Waals surface area (Å²) in [6, 6.07) is 18.6. The van der Waals surface area contributed by atoms with Crippen LogP contribution in [0.25, 0.3) is 0 Å². The minimum atomic E-state index is -4.18. The molecule has 0 aromatic heterocycles. The van der Waals surface area contributed by atoms with Gasteiger partial charge in [0.1, 0.15) is 6.54 Å². The van der Waals surface area contributed by atoms with Crippen molar-refractivity contribution in [3.8, 4) is 0 Å². The second-order valence-corrected chi connectivity index (χ2v) is 10.6. The zero-order chi connectivity index (χ0) is 25.7. The number of sulfonamides is 1. The first-order valence-corrected chi connectivity index (χ1v) is 13.3. The summed E-state index contributed by atoms with van der Waals surface area (Å²) in [4.78, 5) is 27.9. The maximum absolute atomic E-state index is 13.5. The molecule has 11 heteroatoms. The summed E-state index contributed by atoms with van der Waals surface area (Å²) in [6.07, 6.45) is 0. The molecule has 188 valence electrons. The number of carbonyl (C=O) groups excluding carboxylic acids is 2. The van der Waals surface area contributed by atoms with Crippen LogP contribution >= 0.6 is 23.2 Å². The van der Waals surface area contributed by atoms with E-state index in [2.05, 4.69) is 5.32 Å². The van der Waals surface area contributed by atoms with E-state index in [0.29, 0.717) is 31.9 Å². The molecule has 0 aliphatic carbocycles. The SMILES string of the molecule is O=C(CN(c1cc(Cl)ccc1Cl)S(=O)(=O)c1ccccc1)Nc1ccccc1C(=O)N1CCOCC1. The van der Waals surface area contributed by atoms with Crippen LogP contribution in [0, 0.1) is 0 Å². The molecule has 0 unspecified atom stereocenters. The van der Waals surface area contributed by atoms with Crippen LogP contribution in [-0.4, -0.2) is 58.0 Å². The van der Waals surface area contributed by atoms with Crippen molar-refractivity contribution in [2.45, 2.75) is 4.90 Å². The molecular weight excluding hydrogens is 525 g/mol. The quantitative estimate of drug-likeness (QED) is 0.475. The summed E-state index contributed by atoms with van der Waals surface area (Å²) in [7, 11) is -4.18. The number of rotatable bonds is 7. The molecule has 0 bridgehead atoms. The third-order valence-corrected chi connectivity index (χ3v) is 7.85. The number of hydrogen-bond donors (Lipinski definition) is 1. The van der Waals surface area contributed by atoms with Gasteiger partial charge >= 0.3 is 0 Å². The van der Waals surface area contributed by atoms with E-state index < -0.39 is 22.5 Å². The first kappa shape index (κ1) is 26.0. The van der Waals surface area contributed by atoms with Crippen LogP contribution in [-0.2, 0) is 19.6 Å². The first-order chi connectivity index (χ1) is 17.3. The van der Waals surface area contributed by atoms with E-state index >= 15 is 0 Å². The van der Waals surface area contributed by atoms with E-state index in [1.54, 1.807) is 47.4 Å². The number of amides is 2. The number of para-hydroxylation sites is 1. The summed E-state index contributed by atoms with van der Waals surface area (Å²) >= 11 is 12.4. The lowest BCUT2D eigenvalue weighted by Gasteiger charge is -2.28. The fraction of sp³-hybridized carbons (Fsp3) is 0.200. The number of halogens is 2. The standard InChI is InChI=1S/C25H23Cl2N3O5S/c26-18-10-11-21(27)23(16-18)30(36(33,34)19-6-2-1-3-7-19)17-24(31)28-22-9-5-4-8-20(22)25(32)29-12-14-35-15-13-29/h1-11,16H,12-15,17H2,(H,28,31). The fourth-order valence-electron chi connectivity index (χ4n) is 3.73. The van der Waals surface area contributed by atoms with Crippen molar-refractivity contribution < 1.29 is 22.7 Å². The molecule has 1 fully saturated rings. The Morgan fingerprint density at radius 1 is 0.944 bits per heavy atom.